The highest BCUT2D eigenvalue weighted by atomic mass is 16.6. The molecule has 0 spiro atoms. The predicted molar refractivity (Wildman–Crippen MR) is 57.6 cm³/mol. The summed E-state index contributed by atoms with van der Waals surface area (Å²) in [5.41, 5.74) is -1.20. The van der Waals surface area contributed by atoms with Crippen molar-refractivity contribution in [3.8, 4) is 0 Å². The van der Waals surface area contributed by atoms with Gasteiger partial charge in [0.15, 0.2) is 5.78 Å². The van der Waals surface area contributed by atoms with Gasteiger partial charge in [0, 0.05) is 5.41 Å². The summed E-state index contributed by atoms with van der Waals surface area (Å²) in [6.07, 6.45) is 1.30. The molecule has 1 fully saturated rings. The summed E-state index contributed by atoms with van der Waals surface area (Å²) in [6.45, 7) is 13.5. The maximum absolute atomic E-state index is 12.1. The summed E-state index contributed by atoms with van der Waals surface area (Å²) >= 11 is 0. The van der Waals surface area contributed by atoms with Gasteiger partial charge in [0.1, 0.15) is 5.60 Å². The van der Waals surface area contributed by atoms with Crippen LogP contribution in [-0.2, 0) is 14.3 Å². The van der Waals surface area contributed by atoms with Crippen LogP contribution in [0.3, 0.4) is 0 Å². The predicted octanol–water partition coefficient (Wildman–Crippen LogP) is 1.57. The summed E-state index contributed by atoms with van der Waals surface area (Å²) < 4.78 is 11.4. The lowest BCUT2D eigenvalue weighted by Crippen LogP contribution is -2.59. The Balaban J connectivity index is 2.53. The van der Waals surface area contributed by atoms with E-state index in [1.807, 2.05) is 20.8 Å². The number of ketones is 1. The first-order chi connectivity index (χ1) is 7.42. The van der Waals surface area contributed by atoms with Crippen LogP contribution < -0.4 is 0 Å². The lowest BCUT2D eigenvalue weighted by atomic mass is 9.69. The normalized spacial score (nSPS) is 37.2. The van der Waals surface area contributed by atoms with Gasteiger partial charge in [-0.3, -0.25) is 0 Å². The van der Waals surface area contributed by atoms with Crippen LogP contribution in [-0.4, -0.2) is 30.7 Å². The molecule has 0 aromatic rings. The van der Waals surface area contributed by atoms with Crippen LogP contribution in [0.2, 0.25) is 0 Å². The van der Waals surface area contributed by atoms with E-state index in [9.17, 15) is 4.79 Å². The number of carbonyl (C=O) groups is 1. The van der Waals surface area contributed by atoms with Gasteiger partial charge < -0.3 is 14.3 Å². The number of hydrogen-bond donors (Lipinski definition) is 0. The van der Waals surface area contributed by atoms with Crippen molar-refractivity contribution >= 4 is 5.78 Å². The Morgan fingerprint density at radius 1 is 1.44 bits per heavy atom. The molecule has 4 nitrogen and oxygen atoms in total. The van der Waals surface area contributed by atoms with E-state index >= 15 is 0 Å². The van der Waals surface area contributed by atoms with Gasteiger partial charge in [-0.15, -0.1) is 0 Å². The summed E-state index contributed by atoms with van der Waals surface area (Å²) in [5, 5.41) is 0. The van der Waals surface area contributed by atoms with Crippen LogP contribution in [0.1, 0.15) is 20.8 Å². The summed E-state index contributed by atoms with van der Waals surface area (Å²) in [7, 11) is 0. The van der Waals surface area contributed by atoms with Crippen LogP contribution in [0.4, 0.5) is 0 Å². The van der Waals surface area contributed by atoms with E-state index < -0.39 is 11.0 Å². The molecule has 1 saturated heterocycles. The molecular formula is C12H15NO3. The lowest BCUT2D eigenvalue weighted by Gasteiger charge is -2.49. The maximum Gasteiger partial charge on any atom is 0.228 e. The number of ether oxygens (including phenoxy) is 2. The van der Waals surface area contributed by atoms with Gasteiger partial charge >= 0.3 is 0 Å². The molecule has 0 radical (unpaired) electrons. The van der Waals surface area contributed by atoms with Gasteiger partial charge in [-0.25, -0.2) is 4.85 Å². The van der Waals surface area contributed by atoms with E-state index in [1.165, 1.54) is 0 Å². The topological polar surface area (TPSA) is 39.9 Å². The largest absolute Gasteiger partial charge is 0.372 e. The van der Waals surface area contributed by atoms with E-state index in [0.29, 0.717) is 13.2 Å². The Labute approximate surface area is 95.0 Å². The quantitative estimate of drug-likeness (QED) is 0.583. The molecule has 0 saturated carbocycles. The Bertz CT molecular complexity index is 405. The second-order valence-electron chi connectivity index (χ2n) is 4.98. The monoisotopic (exact) mass is 221 g/mol. The van der Waals surface area contributed by atoms with Gasteiger partial charge in [0.05, 0.1) is 25.9 Å². The summed E-state index contributed by atoms with van der Waals surface area (Å²) in [4.78, 5) is 15.3. The fraction of sp³-hybridized carbons (Fsp3) is 0.667. The highest BCUT2D eigenvalue weighted by Gasteiger charge is 2.54. The van der Waals surface area contributed by atoms with Crippen LogP contribution in [0.15, 0.2) is 11.8 Å². The SMILES string of the molecule is [C-]#[N+]C1=C[C@]2(C)OCCO[C@H]2C(C)(C)C1=O. The molecule has 1 aliphatic heterocycles. The van der Waals surface area contributed by atoms with Crippen molar-refractivity contribution in [2.75, 3.05) is 13.2 Å². The molecule has 16 heavy (non-hydrogen) atoms. The van der Waals surface area contributed by atoms with Gasteiger partial charge in [-0.2, -0.15) is 0 Å². The highest BCUT2D eigenvalue weighted by molar-refractivity contribution is 6.02. The van der Waals surface area contributed by atoms with Gasteiger partial charge in [-0.05, 0) is 13.0 Å². The van der Waals surface area contributed by atoms with Gasteiger partial charge in [0.2, 0.25) is 5.70 Å². The molecule has 2 atom stereocenters. The third-order valence-electron chi connectivity index (χ3n) is 3.32. The number of rotatable bonds is 0. The second kappa shape index (κ2) is 3.41. The molecule has 0 amide bonds. The minimum absolute atomic E-state index is 0.157. The first-order valence-corrected chi connectivity index (χ1v) is 5.32. The van der Waals surface area contributed by atoms with Crippen LogP contribution in [0.25, 0.3) is 4.85 Å². The number of carbonyl (C=O) groups excluding carboxylic acids is 1. The van der Waals surface area contributed by atoms with E-state index in [0.717, 1.165) is 0 Å². The van der Waals surface area contributed by atoms with Gasteiger partial charge in [0.25, 0.3) is 0 Å². The zero-order chi connectivity index (χ0) is 12.0. The number of nitrogens with zero attached hydrogens (tertiary/aromatic N) is 1. The molecule has 86 valence electrons. The minimum atomic E-state index is -0.705. The van der Waals surface area contributed by atoms with Crippen molar-refractivity contribution in [3.05, 3.63) is 23.2 Å². The van der Waals surface area contributed by atoms with Gasteiger partial charge in [-0.1, -0.05) is 13.8 Å². The third-order valence-corrected chi connectivity index (χ3v) is 3.32. The van der Waals surface area contributed by atoms with Crippen LogP contribution in [0.5, 0.6) is 0 Å². The molecule has 0 N–H and O–H groups in total. The van der Waals surface area contributed by atoms with Crippen molar-refractivity contribution in [2.24, 2.45) is 5.41 Å². The zero-order valence-electron chi connectivity index (χ0n) is 9.74. The smallest absolute Gasteiger partial charge is 0.228 e. The van der Waals surface area contributed by atoms with Crippen LogP contribution >= 0.6 is 0 Å². The van der Waals surface area contributed by atoms with Crippen molar-refractivity contribution in [2.45, 2.75) is 32.5 Å². The van der Waals surface area contributed by atoms with E-state index in [1.54, 1.807) is 6.08 Å². The van der Waals surface area contributed by atoms with Crippen molar-refractivity contribution < 1.29 is 14.3 Å². The number of allylic oxidation sites excluding steroid dienone is 1. The Hall–Kier alpha value is -1.18. The molecule has 1 heterocycles. The number of fused-ring (bicyclic) bond motifs is 1. The zero-order valence-corrected chi connectivity index (χ0v) is 9.74. The molecular weight excluding hydrogens is 206 g/mol. The summed E-state index contributed by atoms with van der Waals surface area (Å²) in [6, 6.07) is 0. The second-order valence-corrected chi connectivity index (χ2v) is 4.98. The molecule has 4 heteroatoms. The standard InChI is InChI=1S/C12H15NO3/c1-11(2)9(14)8(13-4)7-12(3)10(11)15-5-6-16-12/h7,10H,5-6H2,1-3H3/t10-,12-/m0/s1. The number of Topliss-reactive ketones (excluding diaryl/α,β-unsaturated/α-hetero) is 1. The minimum Gasteiger partial charge on any atom is -0.372 e. The first kappa shape index (κ1) is 11.3. The van der Waals surface area contributed by atoms with Crippen molar-refractivity contribution in [3.63, 3.8) is 0 Å². The van der Waals surface area contributed by atoms with E-state index in [4.69, 9.17) is 16.0 Å². The Kier molecular flexibility index (Phi) is 2.41. The summed E-state index contributed by atoms with van der Waals surface area (Å²) in [5.74, 6) is -0.157. The fourth-order valence-corrected chi connectivity index (χ4v) is 2.58. The van der Waals surface area contributed by atoms with E-state index in [-0.39, 0.29) is 17.6 Å². The molecule has 1 aliphatic carbocycles. The fourth-order valence-electron chi connectivity index (χ4n) is 2.58. The van der Waals surface area contributed by atoms with Crippen LogP contribution in [0, 0.1) is 12.0 Å². The molecule has 0 bridgehead atoms. The molecule has 2 aliphatic rings. The maximum atomic E-state index is 12.1. The average molecular weight is 221 g/mol. The van der Waals surface area contributed by atoms with Crippen molar-refractivity contribution in [1.29, 1.82) is 0 Å². The first-order valence-electron chi connectivity index (χ1n) is 5.32. The van der Waals surface area contributed by atoms with Crippen molar-refractivity contribution in [1.82, 2.24) is 0 Å². The van der Waals surface area contributed by atoms with E-state index in [2.05, 4.69) is 4.85 Å². The third kappa shape index (κ3) is 1.40. The molecule has 0 aromatic carbocycles. The molecule has 0 aromatic heterocycles. The average Bonchev–Trinajstić information content (AvgIpc) is 2.24. The lowest BCUT2D eigenvalue weighted by molar-refractivity contribution is -0.210. The Morgan fingerprint density at radius 2 is 2.12 bits per heavy atom. The highest BCUT2D eigenvalue weighted by Crippen LogP contribution is 2.43. The molecule has 2 rings (SSSR count). The molecule has 0 unspecified atom stereocenters. The Morgan fingerprint density at radius 3 is 2.75 bits per heavy atom. The number of hydrogen-bond acceptors (Lipinski definition) is 3.